The third-order valence-electron chi connectivity index (χ3n) is 3.94. The second-order valence-electron chi connectivity index (χ2n) is 7.11. The van der Waals surface area contributed by atoms with Gasteiger partial charge in [-0.15, -0.1) is 12.4 Å². The summed E-state index contributed by atoms with van der Waals surface area (Å²) in [7, 11) is 0. The molecule has 1 rings (SSSR count). The van der Waals surface area contributed by atoms with Gasteiger partial charge in [0.15, 0.2) is 0 Å². The van der Waals surface area contributed by atoms with E-state index in [0.717, 1.165) is 12.8 Å². The Labute approximate surface area is 157 Å². The van der Waals surface area contributed by atoms with Crippen molar-refractivity contribution in [2.75, 3.05) is 13.1 Å². The highest BCUT2D eigenvalue weighted by Gasteiger charge is 2.16. The number of hydrogen-bond donors (Lipinski definition) is 3. The Hall–Kier alpha value is -1.59. The van der Waals surface area contributed by atoms with Gasteiger partial charge in [0.1, 0.15) is 6.04 Å². The number of rotatable bonds is 9. The lowest BCUT2D eigenvalue weighted by Gasteiger charge is -2.19. The van der Waals surface area contributed by atoms with Crippen LogP contribution in [0.1, 0.15) is 51.7 Å². The first-order valence-electron chi connectivity index (χ1n) is 8.56. The SMILES string of the molecule is CCCC(NCC(=O)NCCc1ccc(C(C)(C)C)cc1)C(=O)O.Cl. The molecule has 0 fully saturated rings. The molecule has 25 heavy (non-hydrogen) atoms. The zero-order valence-corrected chi connectivity index (χ0v) is 16.4. The summed E-state index contributed by atoms with van der Waals surface area (Å²) in [6.45, 7) is 9.03. The lowest BCUT2D eigenvalue weighted by molar-refractivity contribution is -0.139. The van der Waals surface area contributed by atoms with Crippen LogP contribution >= 0.6 is 12.4 Å². The first-order chi connectivity index (χ1) is 11.2. The van der Waals surface area contributed by atoms with Gasteiger partial charge in [-0.2, -0.15) is 0 Å². The number of benzene rings is 1. The Balaban J connectivity index is 0.00000576. The predicted octanol–water partition coefficient (Wildman–Crippen LogP) is 2.91. The van der Waals surface area contributed by atoms with Gasteiger partial charge in [0.05, 0.1) is 6.54 Å². The van der Waals surface area contributed by atoms with Gasteiger partial charge in [-0.05, 0) is 29.4 Å². The van der Waals surface area contributed by atoms with Crippen LogP contribution in [0.2, 0.25) is 0 Å². The monoisotopic (exact) mass is 370 g/mol. The topological polar surface area (TPSA) is 78.4 Å². The highest BCUT2D eigenvalue weighted by molar-refractivity contribution is 5.85. The summed E-state index contributed by atoms with van der Waals surface area (Å²) in [6, 6.07) is 7.77. The molecule has 0 radical (unpaired) electrons. The summed E-state index contributed by atoms with van der Waals surface area (Å²) in [5.41, 5.74) is 2.60. The average Bonchev–Trinajstić information content (AvgIpc) is 2.50. The molecule has 0 saturated heterocycles. The smallest absolute Gasteiger partial charge is 0.320 e. The van der Waals surface area contributed by atoms with Gasteiger partial charge in [0.25, 0.3) is 0 Å². The van der Waals surface area contributed by atoms with Crippen LogP contribution in [0, 0.1) is 0 Å². The Morgan fingerprint density at radius 1 is 1.16 bits per heavy atom. The van der Waals surface area contributed by atoms with Crippen LogP contribution in [-0.2, 0) is 21.4 Å². The van der Waals surface area contributed by atoms with Gasteiger partial charge < -0.3 is 10.4 Å². The van der Waals surface area contributed by atoms with Gasteiger partial charge in [-0.3, -0.25) is 14.9 Å². The van der Waals surface area contributed by atoms with E-state index in [9.17, 15) is 9.59 Å². The molecule has 6 heteroatoms. The molecule has 0 aliphatic rings. The maximum atomic E-state index is 11.8. The van der Waals surface area contributed by atoms with Crippen molar-refractivity contribution in [3.63, 3.8) is 0 Å². The molecule has 1 aromatic rings. The van der Waals surface area contributed by atoms with Crippen LogP contribution in [0.5, 0.6) is 0 Å². The van der Waals surface area contributed by atoms with E-state index in [4.69, 9.17) is 5.11 Å². The molecule has 0 spiro atoms. The highest BCUT2D eigenvalue weighted by Crippen LogP contribution is 2.22. The van der Waals surface area contributed by atoms with Crippen molar-refractivity contribution in [3.05, 3.63) is 35.4 Å². The van der Waals surface area contributed by atoms with Crippen molar-refractivity contribution in [1.29, 1.82) is 0 Å². The van der Waals surface area contributed by atoms with E-state index in [1.807, 2.05) is 6.92 Å². The molecule has 0 aliphatic heterocycles. The highest BCUT2D eigenvalue weighted by atomic mass is 35.5. The number of amides is 1. The molecular formula is C19H31ClN2O3. The quantitative estimate of drug-likeness (QED) is 0.624. The van der Waals surface area contributed by atoms with E-state index in [2.05, 4.69) is 55.7 Å². The predicted molar refractivity (Wildman–Crippen MR) is 103 cm³/mol. The van der Waals surface area contributed by atoms with Crippen LogP contribution < -0.4 is 10.6 Å². The Morgan fingerprint density at radius 3 is 2.24 bits per heavy atom. The second kappa shape index (κ2) is 11.1. The second-order valence-corrected chi connectivity index (χ2v) is 7.11. The first kappa shape index (κ1) is 23.4. The Bertz CT molecular complexity index is 539. The lowest BCUT2D eigenvalue weighted by atomic mass is 9.86. The molecule has 0 aromatic heterocycles. The molecule has 1 atom stereocenters. The number of hydrogen-bond acceptors (Lipinski definition) is 3. The Kier molecular flexibility index (Phi) is 10.4. The number of carboxylic acid groups (broad SMARTS) is 1. The fraction of sp³-hybridized carbons (Fsp3) is 0.579. The fourth-order valence-corrected chi connectivity index (χ4v) is 2.40. The molecule has 142 valence electrons. The third-order valence-corrected chi connectivity index (χ3v) is 3.94. The zero-order chi connectivity index (χ0) is 18.2. The van der Waals surface area contributed by atoms with E-state index in [1.165, 1.54) is 11.1 Å². The first-order valence-corrected chi connectivity index (χ1v) is 8.56. The van der Waals surface area contributed by atoms with Gasteiger partial charge in [-0.25, -0.2) is 0 Å². The van der Waals surface area contributed by atoms with Crippen LogP contribution in [0.4, 0.5) is 0 Å². The molecule has 5 nitrogen and oxygen atoms in total. The largest absolute Gasteiger partial charge is 0.480 e. The van der Waals surface area contributed by atoms with Crippen LogP contribution in [0.3, 0.4) is 0 Å². The van der Waals surface area contributed by atoms with Gasteiger partial charge in [0.2, 0.25) is 5.91 Å². The maximum absolute atomic E-state index is 11.8. The minimum atomic E-state index is -0.913. The Morgan fingerprint density at radius 2 is 1.76 bits per heavy atom. The van der Waals surface area contributed by atoms with Crippen LogP contribution in [-0.4, -0.2) is 36.1 Å². The van der Waals surface area contributed by atoms with Crippen molar-refractivity contribution < 1.29 is 14.7 Å². The van der Waals surface area contributed by atoms with Gasteiger partial charge in [-0.1, -0.05) is 58.4 Å². The van der Waals surface area contributed by atoms with E-state index in [-0.39, 0.29) is 30.3 Å². The number of halogens is 1. The third kappa shape index (κ3) is 8.89. The lowest BCUT2D eigenvalue weighted by Crippen LogP contribution is -2.43. The molecule has 0 saturated carbocycles. The minimum Gasteiger partial charge on any atom is -0.480 e. The minimum absolute atomic E-state index is 0. The fourth-order valence-electron chi connectivity index (χ4n) is 2.40. The summed E-state index contributed by atoms with van der Waals surface area (Å²) in [6.07, 6.45) is 2.03. The van der Waals surface area contributed by atoms with E-state index in [0.29, 0.717) is 13.0 Å². The standard InChI is InChI=1S/C19H30N2O3.ClH/c1-5-6-16(18(23)24)21-13-17(22)20-12-11-14-7-9-15(10-8-14)19(2,3)4;/h7-10,16,21H,5-6,11-13H2,1-4H3,(H,20,22)(H,23,24);1H. The molecule has 0 aliphatic carbocycles. The average molecular weight is 371 g/mol. The summed E-state index contributed by atoms with van der Waals surface area (Å²) >= 11 is 0. The molecule has 3 N–H and O–H groups in total. The van der Waals surface area contributed by atoms with Crippen molar-refractivity contribution in [1.82, 2.24) is 10.6 Å². The number of carboxylic acids is 1. The molecule has 1 amide bonds. The molecule has 1 aromatic carbocycles. The van der Waals surface area contributed by atoms with E-state index < -0.39 is 12.0 Å². The molecular weight excluding hydrogens is 340 g/mol. The number of carbonyl (C=O) groups excluding carboxylic acids is 1. The number of carbonyl (C=O) groups is 2. The molecule has 0 heterocycles. The number of nitrogens with one attached hydrogen (secondary N) is 2. The summed E-state index contributed by atoms with van der Waals surface area (Å²) in [5.74, 6) is -1.09. The number of aliphatic carboxylic acids is 1. The maximum Gasteiger partial charge on any atom is 0.320 e. The van der Waals surface area contributed by atoms with E-state index >= 15 is 0 Å². The summed E-state index contributed by atoms with van der Waals surface area (Å²) in [5, 5.41) is 14.6. The normalized spacial score (nSPS) is 12.2. The van der Waals surface area contributed by atoms with E-state index in [1.54, 1.807) is 0 Å². The molecule has 0 bridgehead atoms. The zero-order valence-electron chi connectivity index (χ0n) is 15.6. The van der Waals surface area contributed by atoms with Gasteiger partial charge >= 0.3 is 5.97 Å². The summed E-state index contributed by atoms with van der Waals surface area (Å²) < 4.78 is 0. The van der Waals surface area contributed by atoms with Crippen molar-refractivity contribution >= 4 is 24.3 Å². The van der Waals surface area contributed by atoms with Crippen molar-refractivity contribution in [3.8, 4) is 0 Å². The van der Waals surface area contributed by atoms with Gasteiger partial charge in [0, 0.05) is 6.54 Å². The van der Waals surface area contributed by atoms with Crippen molar-refractivity contribution in [2.24, 2.45) is 0 Å². The van der Waals surface area contributed by atoms with Crippen LogP contribution in [0.15, 0.2) is 24.3 Å². The van der Waals surface area contributed by atoms with Crippen molar-refractivity contribution in [2.45, 2.75) is 58.4 Å². The summed E-state index contributed by atoms with van der Waals surface area (Å²) in [4.78, 5) is 22.8. The molecule has 1 unspecified atom stereocenters. The van der Waals surface area contributed by atoms with Crippen LogP contribution in [0.25, 0.3) is 0 Å².